The van der Waals surface area contributed by atoms with Crippen molar-refractivity contribution in [3.63, 3.8) is 0 Å². The van der Waals surface area contributed by atoms with Crippen LogP contribution in [0.2, 0.25) is 0 Å². The molecule has 0 saturated carbocycles. The molecule has 0 fully saturated rings. The topological polar surface area (TPSA) is 0 Å². The predicted octanol–water partition coefficient (Wildman–Crippen LogP) is 4.27. The lowest BCUT2D eigenvalue weighted by molar-refractivity contribution is 0.369. The van der Waals surface area contributed by atoms with E-state index in [0.29, 0.717) is 0 Å². The van der Waals surface area contributed by atoms with Crippen molar-refractivity contribution in [1.82, 2.24) is 0 Å². The van der Waals surface area contributed by atoms with E-state index in [1.165, 1.54) is 19.3 Å². The molecule has 0 heterocycles. The zero-order valence-electron chi connectivity index (χ0n) is 7.94. The van der Waals surface area contributed by atoms with Crippen LogP contribution in [-0.2, 0) is 0 Å². The predicted molar refractivity (Wildman–Crippen MR) is 55.3 cm³/mol. The molecule has 1 aliphatic carbocycles. The Morgan fingerprint density at radius 3 is 2.92 bits per heavy atom. The summed E-state index contributed by atoms with van der Waals surface area (Å²) in [6.45, 7) is 4.48. The van der Waals surface area contributed by atoms with Gasteiger partial charge in [0.1, 0.15) is 0 Å². The molecule has 0 spiro atoms. The molecule has 0 nitrogen and oxygen atoms in total. The van der Waals surface area contributed by atoms with Crippen LogP contribution in [-0.4, -0.2) is 0 Å². The summed E-state index contributed by atoms with van der Waals surface area (Å²) >= 11 is 6.17. The van der Waals surface area contributed by atoms with Crippen molar-refractivity contribution in [1.29, 1.82) is 0 Å². The molecule has 1 unspecified atom stereocenters. The summed E-state index contributed by atoms with van der Waals surface area (Å²) in [5, 5.41) is 1.03. The summed E-state index contributed by atoms with van der Waals surface area (Å²) in [7, 11) is 0. The van der Waals surface area contributed by atoms with E-state index >= 15 is 0 Å². The van der Waals surface area contributed by atoms with Crippen molar-refractivity contribution >= 4 is 11.6 Å². The molecule has 0 amide bonds. The van der Waals surface area contributed by atoms with Crippen LogP contribution >= 0.6 is 11.6 Å². The van der Waals surface area contributed by atoms with E-state index in [-0.39, 0.29) is 5.41 Å². The van der Waals surface area contributed by atoms with Crippen LogP contribution in [0.4, 0.5) is 0 Å². The second kappa shape index (κ2) is 4.13. The normalized spacial score (nSPS) is 28.8. The maximum Gasteiger partial charge on any atom is 0.0243 e. The highest BCUT2D eigenvalue weighted by molar-refractivity contribution is 6.30. The van der Waals surface area contributed by atoms with Crippen LogP contribution in [0.1, 0.15) is 39.5 Å². The van der Waals surface area contributed by atoms with Gasteiger partial charge in [-0.05, 0) is 18.9 Å². The maximum atomic E-state index is 6.17. The number of hydrogen-bond donors (Lipinski definition) is 0. The van der Waals surface area contributed by atoms with E-state index in [1.807, 2.05) is 6.08 Å². The first kappa shape index (κ1) is 9.85. The summed E-state index contributed by atoms with van der Waals surface area (Å²) in [4.78, 5) is 0. The average Bonchev–Trinajstić information content (AvgIpc) is 2.07. The zero-order valence-corrected chi connectivity index (χ0v) is 8.69. The first-order valence-electron chi connectivity index (χ1n) is 4.72. The third-order valence-electron chi connectivity index (χ3n) is 2.61. The summed E-state index contributed by atoms with van der Waals surface area (Å²) in [5.74, 6) is 0. The van der Waals surface area contributed by atoms with Crippen molar-refractivity contribution in [2.45, 2.75) is 39.5 Å². The van der Waals surface area contributed by atoms with Crippen LogP contribution in [0.3, 0.4) is 0 Å². The molecule has 12 heavy (non-hydrogen) atoms. The number of hydrogen-bond acceptors (Lipinski definition) is 0. The van der Waals surface area contributed by atoms with E-state index in [9.17, 15) is 0 Å². The van der Waals surface area contributed by atoms with Gasteiger partial charge in [-0.15, -0.1) is 0 Å². The molecule has 1 heteroatoms. The van der Waals surface area contributed by atoms with E-state index < -0.39 is 0 Å². The number of rotatable bonds is 3. The molecule has 1 aliphatic rings. The van der Waals surface area contributed by atoms with Gasteiger partial charge in [-0.25, -0.2) is 0 Å². The first-order chi connectivity index (χ1) is 5.69. The maximum absolute atomic E-state index is 6.17. The van der Waals surface area contributed by atoms with Gasteiger partial charge in [-0.3, -0.25) is 0 Å². The second-order valence-corrected chi connectivity index (χ2v) is 4.22. The molecule has 0 aromatic carbocycles. The second-order valence-electron chi connectivity index (χ2n) is 3.81. The van der Waals surface area contributed by atoms with Crippen LogP contribution in [0.15, 0.2) is 23.3 Å². The van der Waals surface area contributed by atoms with Gasteiger partial charge in [0.15, 0.2) is 0 Å². The Morgan fingerprint density at radius 1 is 1.58 bits per heavy atom. The number of unbranched alkanes of at least 4 members (excludes halogenated alkanes) is 1. The smallest absolute Gasteiger partial charge is 0.0243 e. The Hall–Kier alpha value is -0.230. The Bertz CT molecular complexity index is 203. The highest BCUT2D eigenvalue weighted by Crippen LogP contribution is 2.41. The molecular formula is C11H17Cl. The largest absolute Gasteiger partial charge is 0.0885 e. The number of halogens is 1. The molecule has 1 rings (SSSR count). The Morgan fingerprint density at radius 2 is 2.33 bits per heavy atom. The highest BCUT2D eigenvalue weighted by Gasteiger charge is 2.27. The molecule has 1 atom stereocenters. The Labute approximate surface area is 80.3 Å². The molecule has 0 N–H and O–H groups in total. The molecule has 0 aliphatic heterocycles. The molecule has 0 radical (unpaired) electrons. The SMILES string of the molecule is CCCCC1(C)CC=CC=C1Cl. The lowest BCUT2D eigenvalue weighted by Gasteiger charge is -2.29. The Kier molecular flexibility index (Phi) is 3.39. The van der Waals surface area contributed by atoms with Crippen molar-refractivity contribution in [2.24, 2.45) is 5.41 Å². The van der Waals surface area contributed by atoms with Gasteiger partial charge in [0.25, 0.3) is 0 Å². The molecule has 0 bridgehead atoms. The van der Waals surface area contributed by atoms with E-state index in [2.05, 4.69) is 26.0 Å². The standard InChI is InChI=1S/C11H17Cl/c1-3-4-8-11(2)9-6-5-7-10(11)12/h5-7H,3-4,8-9H2,1-2H3. The van der Waals surface area contributed by atoms with Gasteiger partial charge in [-0.1, -0.05) is 50.4 Å². The Balaban J connectivity index is 2.58. The average molecular weight is 185 g/mol. The fourth-order valence-electron chi connectivity index (χ4n) is 1.57. The van der Waals surface area contributed by atoms with Gasteiger partial charge in [0.05, 0.1) is 0 Å². The zero-order chi connectivity index (χ0) is 9.03. The molecular weight excluding hydrogens is 168 g/mol. The van der Waals surface area contributed by atoms with E-state index in [1.54, 1.807) is 0 Å². The summed E-state index contributed by atoms with van der Waals surface area (Å²) in [6, 6.07) is 0. The van der Waals surface area contributed by atoms with E-state index in [0.717, 1.165) is 11.5 Å². The monoisotopic (exact) mass is 184 g/mol. The fourth-order valence-corrected chi connectivity index (χ4v) is 1.81. The minimum absolute atomic E-state index is 0.228. The van der Waals surface area contributed by atoms with Crippen molar-refractivity contribution < 1.29 is 0 Å². The molecule has 68 valence electrons. The lowest BCUT2D eigenvalue weighted by Crippen LogP contribution is -2.17. The van der Waals surface area contributed by atoms with Crippen LogP contribution in [0.25, 0.3) is 0 Å². The van der Waals surface area contributed by atoms with Gasteiger partial charge >= 0.3 is 0 Å². The summed E-state index contributed by atoms with van der Waals surface area (Å²) in [6.07, 6.45) is 11.1. The summed E-state index contributed by atoms with van der Waals surface area (Å²) in [5.41, 5.74) is 0.228. The van der Waals surface area contributed by atoms with Gasteiger partial charge in [0.2, 0.25) is 0 Å². The molecule has 0 aromatic heterocycles. The quantitative estimate of drug-likeness (QED) is 0.615. The van der Waals surface area contributed by atoms with Crippen LogP contribution < -0.4 is 0 Å². The van der Waals surface area contributed by atoms with Gasteiger partial charge in [-0.2, -0.15) is 0 Å². The fraction of sp³-hybridized carbons (Fsp3) is 0.636. The third-order valence-corrected chi connectivity index (χ3v) is 3.19. The first-order valence-corrected chi connectivity index (χ1v) is 5.09. The van der Waals surface area contributed by atoms with Crippen molar-refractivity contribution in [3.05, 3.63) is 23.3 Å². The van der Waals surface area contributed by atoms with Crippen LogP contribution in [0, 0.1) is 5.41 Å². The summed E-state index contributed by atoms with van der Waals surface area (Å²) < 4.78 is 0. The van der Waals surface area contributed by atoms with Crippen molar-refractivity contribution in [2.75, 3.05) is 0 Å². The minimum Gasteiger partial charge on any atom is -0.0885 e. The third kappa shape index (κ3) is 2.13. The van der Waals surface area contributed by atoms with Crippen LogP contribution in [0.5, 0.6) is 0 Å². The minimum atomic E-state index is 0.228. The number of allylic oxidation sites excluding steroid dienone is 4. The lowest BCUT2D eigenvalue weighted by atomic mass is 9.79. The molecule has 0 aromatic rings. The van der Waals surface area contributed by atoms with E-state index in [4.69, 9.17) is 11.6 Å². The highest BCUT2D eigenvalue weighted by atomic mass is 35.5. The van der Waals surface area contributed by atoms with Crippen molar-refractivity contribution in [3.8, 4) is 0 Å². The molecule has 0 saturated heterocycles. The van der Waals surface area contributed by atoms with Gasteiger partial charge in [0, 0.05) is 10.4 Å². The van der Waals surface area contributed by atoms with Gasteiger partial charge < -0.3 is 0 Å².